The Morgan fingerprint density at radius 1 is 1.04 bits per heavy atom. The van der Waals surface area contributed by atoms with E-state index in [4.69, 9.17) is 11.6 Å². The van der Waals surface area contributed by atoms with Crippen LogP contribution in [0.15, 0.2) is 42.5 Å². The normalized spacial score (nSPS) is 16.3. The summed E-state index contributed by atoms with van der Waals surface area (Å²) >= 11 is 6.12. The molecule has 1 aliphatic rings. The minimum absolute atomic E-state index is 0.0624. The van der Waals surface area contributed by atoms with Crippen molar-refractivity contribution >= 4 is 28.9 Å². The van der Waals surface area contributed by atoms with Gasteiger partial charge >= 0.3 is 0 Å². The minimum atomic E-state index is -0.166. The van der Waals surface area contributed by atoms with Crippen LogP contribution in [0.4, 0.5) is 11.4 Å². The molecule has 0 bridgehead atoms. The lowest BCUT2D eigenvalue weighted by Gasteiger charge is -2.38. The molecule has 1 saturated heterocycles. The maximum Gasteiger partial charge on any atom is 0.241 e. The average Bonchev–Trinajstić information content (AvgIpc) is 2.68. The largest absolute Gasteiger partial charge is 0.369 e. The molecule has 5 heteroatoms. The third-order valence-corrected chi connectivity index (χ3v) is 5.83. The van der Waals surface area contributed by atoms with E-state index >= 15 is 0 Å². The second-order valence-corrected chi connectivity index (χ2v) is 8.30. The average molecular weight is 400 g/mol. The number of amides is 1. The van der Waals surface area contributed by atoms with Crippen LogP contribution in [0.5, 0.6) is 0 Å². The van der Waals surface area contributed by atoms with Gasteiger partial charge in [-0.05, 0) is 49.1 Å². The lowest BCUT2D eigenvalue weighted by molar-refractivity contribution is -0.120. The van der Waals surface area contributed by atoms with Crippen molar-refractivity contribution < 1.29 is 4.79 Å². The molecule has 0 unspecified atom stereocenters. The number of piperazine rings is 1. The fourth-order valence-corrected chi connectivity index (χ4v) is 3.96. The zero-order valence-electron chi connectivity index (χ0n) is 17.2. The van der Waals surface area contributed by atoms with Gasteiger partial charge in [-0.2, -0.15) is 0 Å². The SMILES string of the molecule is Cc1cccc(C(C)C)c1NC(=O)[C@@H](C)N1CCN(c2cccc(Cl)c2)CC1. The molecule has 1 aliphatic heterocycles. The van der Waals surface area contributed by atoms with Gasteiger partial charge in [0.05, 0.1) is 6.04 Å². The topological polar surface area (TPSA) is 35.6 Å². The number of aryl methyl sites for hydroxylation is 1. The lowest BCUT2D eigenvalue weighted by atomic mass is 9.98. The Labute approximate surface area is 173 Å². The van der Waals surface area contributed by atoms with Crippen molar-refractivity contribution in [2.24, 2.45) is 0 Å². The highest BCUT2D eigenvalue weighted by atomic mass is 35.5. The molecule has 0 aromatic heterocycles. The Bertz CT molecular complexity index is 828. The number of para-hydroxylation sites is 1. The zero-order chi connectivity index (χ0) is 20.3. The third kappa shape index (κ3) is 4.68. The first-order valence-corrected chi connectivity index (χ1v) is 10.4. The Hall–Kier alpha value is -2.04. The molecule has 0 radical (unpaired) electrons. The highest BCUT2D eigenvalue weighted by molar-refractivity contribution is 6.30. The first-order chi connectivity index (χ1) is 13.4. The smallest absolute Gasteiger partial charge is 0.241 e. The van der Waals surface area contributed by atoms with E-state index in [-0.39, 0.29) is 11.9 Å². The second-order valence-electron chi connectivity index (χ2n) is 7.86. The van der Waals surface area contributed by atoms with Crippen LogP contribution < -0.4 is 10.2 Å². The summed E-state index contributed by atoms with van der Waals surface area (Å²) in [7, 11) is 0. The number of hydrogen-bond acceptors (Lipinski definition) is 3. The standard InChI is InChI=1S/C23H30ClN3O/c1-16(2)21-10-5-7-17(3)22(21)25-23(28)18(4)26-11-13-27(14-12-26)20-9-6-8-19(24)15-20/h5-10,15-16,18H,11-14H2,1-4H3,(H,25,28)/t18-/m1/s1. The first-order valence-electron chi connectivity index (χ1n) is 10.0. The van der Waals surface area contributed by atoms with Crippen LogP contribution in [0.2, 0.25) is 5.02 Å². The molecule has 0 saturated carbocycles. The molecular weight excluding hydrogens is 370 g/mol. The van der Waals surface area contributed by atoms with Gasteiger partial charge in [-0.1, -0.05) is 49.7 Å². The Kier molecular flexibility index (Phi) is 6.63. The summed E-state index contributed by atoms with van der Waals surface area (Å²) in [5.74, 6) is 0.430. The predicted molar refractivity (Wildman–Crippen MR) is 119 cm³/mol. The highest BCUT2D eigenvalue weighted by Crippen LogP contribution is 2.28. The van der Waals surface area contributed by atoms with Crippen molar-refractivity contribution in [3.8, 4) is 0 Å². The molecule has 2 aromatic carbocycles. The van der Waals surface area contributed by atoms with E-state index in [2.05, 4.69) is 60.2 Å². The van der Waals surface area contributed by atoms with Crippen LogP contribution in [0.25, 0.3) is 0 Å². The third-order valence-electron chi connectivity index (χ3n) is 5.59. The van der Waals surface area contributed by atoms with Crippen LogP contribution in [0.3, 0.4) is 0 Å². The number of benzene rings is 2. The monoisotopic (exact) mass is 399 g/mol. The van der Waals surface area contributed by atoms with Crippen molar-refractivity contribution in [2.75, 3.05) is 36.4 Å². The molecule has 1 heterocycles. The quantitative estimate of drug-likeness (QED) is 0.774. The molecular formula is C23H30ClN3O. The van der Waals surface area contributed by atoms with E-state index in [0.717, 1.165) is 48.1 Å². The van der Waals surface area contributed by atoms with Gasteiger partial charge < -0.3 is 10.2 Å². The van der Waals surface area contributed by atoms with Gasteiger partial charge in [0.15, 0.2) is 0 Å². The number of carbonyl (C=O) groups excluding carboxylic acids is 1. The summed E-state index contributed by atoms with van der Waals surface area (Å²) in [6.07, 6.45) is 0. The van der Waals surface area contributed by atoms with E-state index in [0.29, 0.717) is 5.92 Å². The summed E-state index contributed by atoms with van der Waals surface area (Å²) in [6.45, 7) is 11.8. The molecule has 1 amide bonds. The lowest BCUT2D eigenvalue weighted by Crippen LogP contribution is -2.52. The number of nitrogens with one attached hydrogen (secondary N) is 1. The van der Waals surface area contributed by atoms with E-state index in [9.17, 15) is 4.79 Å². The van der Waals surface area contributed by atoms with Crippen molar-refractivity contribution in [3.63, 3.8) is 0 Å². The molecule has 1 fully saturated rings. The summed E-state index contributed by atoms with van der Waals surface area (Å²) in [4.78, 5) is 17.5. The molecule has 150 valence electrons. The maximum atomic E-state index is 13.0. The van der Waals surface area contributed by atoms with E-state index < -0.39 is 0 Å². The fraction of sp³-hybridized carbons (Fsp3) is 0.435. The van der Waals surface area contributed by atoms with Gasteiger partial charge in [0, 0.05) is 42.6 Å². The van der Waals surface area contributed by atoms with Crippen LogP contribution in [0.1, 0.15) is 37.8 Å². The van der Waals surface area contributed by atoms with Gasteiger partial charge in [0.2, 0.25) is 5.91 Å². The Morgan fingerprint density at radius 2 is 1.71 bits per heavy atom. The first kappa shape index (κ1) is 20.7. The van der Waals surface area contributed by atoms with E-state index in [1.807, 2.05) is 25.1 Å². The summed E-state index contributed by atoms with van der Waals surface area (Å²) in [5, 5.41) is 3.95. The Balaban J connectivity index is 1.63. The summed E-state index contributed by atoms with van der Waals surface area (Å²) < 4.78 is 0. The fourth-order valence-electron chi connectivity index (χ4n) is 3.78. The predicted octanol–water partition coefficient (Wildman–Crippen LogP) is 4.92. The van der Waals surface area contributed by atoms with Crippen LogP contribution in [-0.2, 0) is 4.79 Å². The van der Waals surface area contributed by atoms with Gasteiger partial charge in [0.1, 0.15) is 0 Å². The van der Waals surface area contributed by atoms with Gasteiger partial charge in [-0.15, -0.1) is 0 Å². The van der Waals surface area contributed by atoms with Crippen molar-refractivity contribution in [2.45, 2.75) is 39.7 Å². The van der Waals surface area contributed by atoms with Gasteiger partial charge in [0.25, 0.3) is 0 Å². The number of halogens is 1. The molecule has 4 nitrogen and oxygen atoms in total. The van der Waals surface area contributed by atoms with Crippen molar-refractivity contribution in [1.29, 1.82) is 0 Å². The summed E-state index contributed by atoms with van der Waals surface area (Å²) in [5.41, 5.74) is 4.40. The molecule has 1 N–H and O–H groups in total. The molecule has 3 rings (SSSR count). The molecule has 2 aromatic rings. The second kappa shape index (κ2) is 8.97. The number of rotatable bonds is 5. The van der Waals surface area contributed by atoms with Gasteiger partial charge in [-0.25, -0.2) is 0 Å². The number of anilines is 2. The van der Waals surface area contributed by atoms with E-state index in [1.54, 1.807) is 0 Å². The highest BCUT2D eigenvalue weighted by Gasteiger charge is 2.26. The molecule has 1 atom stereocenters. The molecule has 28 heavy (non-hydrogen) atoms. The van der Waals surface area contributed by atoms with Crippen LogP contribution in [0, 0.1) is 6.92 Å². The minimum Gasteiger partial charge on any atom is -0.369 e. The number of nitrogens with zero attached hydrogens (tertiary/aromatic N) is 2. The maximum absolute atomic E-state index is 13.0. The van der Waals surface area contributed by atoms with E-state index in [1.165, 1.54) is 5.56 Å². The molecule has 0 aliphatic carbocycles. The summed E-state index contributed by atoms with van der Waals surface area (Å²) in [6, 6.07) is 14.0. The van der Waals surface area contributed by atoms with Crippen molar-refractivity contribution in [1.82, 2.24) is 4.90 Å². The van der Waals surface area contributed by atoms with Crippen LogP contribution >= 0.6 is 11.6 Å². The number of carbonyl (C=O) groups is 1. The van der Waals surface area contributed by atoms with Crippen LogP contribution in [-0.4, -0.2) is 43.0 Å². The zero-order valence-corrected chi connectivity index (χ0v) is 18.0. The van der Waals surface area contributed by atoms with Crippen molar-refractivity contribution in [3.05, 3.63) is 58.6 Å². The molecule has 0 spiro atoms. The van der Waals surface area contributed by atoms with Gasteiger partial charge in [-0.3, -0.25) is 9.69 Å². The number of hydrogen-bond donors (Lipinski definition) is 1. The Morgan fingerprint density at radius 3 is 2.36 bits per heavy atom.